The van der Waals surface area contributed by atoms with Crippen molar-refractivity contribution in [1.29, 1.82) is 0 Å². The van der Waals surface area contributed by atoms with Crippen molar-refractivity contribution in [2.75, 3.05) is 12.0 Å². The lowest BCUT2D eigenvalue weighted by Gasteiger charge is -2.05. The summed E-state index contributed by atoms with van der Waals surface area (Å²) in [5, 5.41) is 7.13. The number of aromatic amines is 1. The van der Waals surface area contributed by atoms with Gasteiger partial charge in [0.25, 0.3) is 0 Å². The van der Waals surface area contributed by atoms with Crippen LogP contribution in [0.1, 0.15) is 6.42 Å². The van der Waals surface area contributed by atoms with Crippen molar-refractivity contribution in [1.82, 2.24) is 19.7 Å². The number of rotatable bonds is 5. The second-order valence-electron chi connectivity index (χ2n) is 3.59. The van der Waals surface area contributed by atoms with Gasteiger partial charge in [-0.3, -0.25) is 10.1 Å². The van der Waals surface area contributed by atoms with Crippen molar-refractivity contribution in [3.8, 4) is 11.4 Å². The third-order valence-electron chi connectivity index (χ3n) is 2.43. The molecule has 0 saturated carbocycles. The van der Waals surface area contributed by atoms with Gasteiger partial charge in [0.05, 0.1) is 0 Å². The first-order chi connectivity index (χ1) is 8.33. The van der Waals surface area contributed by atoms with Crippen molar-refractivity contribution >= 4 is 24.0 Å². The number of hydrogen-bond acceptors (Lipinski definition) is 4. The Bertz CT molecular complexity index is 518. The van der Waals surface area contributed by atoms with E-state index < -0.39 is 0 Å². The smallest absolute Gasteiger partial charge is 0.195 e. The van der Waals surface area contributed by atoms with E-state index in [1.54, 1.807) is 12.4 Å². The molecule has 0 atom stereocenters. The third kappa shape index (κ3) is 2.95. The van der Waals surface area contributed by atoms with E-state index in [4.69, 9.17) is 12.2 Å². The average molecular weight is 266 g/mol. The Morgan fingerprint density at radius 2 is 2.18 bits per heavy atom. The molecule has 90 valence electrons. The number of nitrogens with one attached hydrogen (secondary N) is 1. The summed E-state index contributed by atoms with van der Waals surface area (Å²) in [6, 6.07) is 3.88. The van der Waals surface area contributed by atoms with Crippen molar-refractivity contribution in [2.24, 2.45) is 0 Å². The molecule has 6 heteroatoms. The second kappa shape index (κ2) is 5.97. The number of pyridine rings is 1. The van der Waals surface area contributed by atoms with Gasteiger partial charge < -0.3 is 4.57 Å². The van der Waals surface area contributed by atoms with Crippen LogP contribution in [0.5, 0.6) is 0 Å². The first kappa shape index (κ1) is 12.3. The lowest BCUT2D eigenvalue weighted by molar-refractivity contribution is 0.680. The van der Waals surface area contributed by atoms with Gasteiger partial charge in [-0.25, -0.2) is 0 Å². The third-order valence-corrected chi connectivity index (χ3v) is 3.44. The molecule has 2 aromatic heterocycles. The first-order valence-corrected chi connectivity index (χ1v) is 7.17. The van der Waals surface area contributed by atoms with E-state index >= 15 is 0 Å². The molecule has 0 bridgehead atoms. The van der Waals surface area contributed by atoms with Crippen LogP contribution in [-0.2, 0) is 6.54 Å². The highest BCUT2D eigenvalue weighted by Gasteiger charge is 2.07. The quantitative estimate of drug-likeness (QED) is 0.668. The van der Waals surface area contributed by atoms with E-state index in [0.717, 1.165) is 30.1 Å². The Balaban J connectivity index is 2.26. The van der Waals surface area contributed by atoms with Gasteiger partial charge in [0.15, 0.2) is 10.6 Å². The zero-order valence-corrected chi connectivity index (χ0v) is 11.2. The molecule has 0 amide bonds. The molecule has 17 heavy (non-hydrogen) atoms. The van der Waals surface area contributed by atoms with Crippen molar-refractivity contribution in [3.05, 3.63) is 29.3 Å². The van der Waals surface area contributed by atoms with Gasteiger partial charge in [0, 0.05) is 24.5 Å². The van der Waals surface area contributed by atoms with Crippen LogP contribution in [0.3, 0.4) is 0 Å². The van der Waals surface area contributed by atoms with Gasteiger partial charge in [0.1, 0.15) is 0 Å². The molecule has 2 aromatic rings. The molecule has 0 saturated heterocycles. The molecule has 0 radical (unpaired) electrons. The SMILES string of the molecule is CSCCCn1c(-c2ccncc2)n[nH]c1=S. The predicted molar refractivity (Wildman–Crippen MR) is 73.6 cm³/mol. The summed E-state index contributed by atoms with van der Waals surface area (Å²) in [7, 11) is 0. The number of hydrogen-bond donors (Lipinski definition) is 1. The van der Waals surface area contributed by atoms with Gasteiger partial charge >= 0.3 is 0 Å². The Labute approximate surface area is 109 Å². The Morgan fingerprint density at radius 1 is 1.41 bits per heavy atom. The summed E-state index contributed by atoms with van der Waals surface area (Å²) in [5.74, 6) is 2.02. The van der Waals surface area contributed by atoms with E-state index in [2.05, 4.69) is 21.4 Å². The summed E-state index contributed by atoms with van der Waals surface area (Å²) in [5.41, 5.74) is 1.04. The summed E-state index contributed by atoms with van der Waals surface area (Å²) >= 11 is 7.09. The van der Waals surface area contributed by atoms with Crippen LogP contribution in [0.4, 0.5) is 0 Å². The van der Waals surface area contributed by atoms with Crippen LogP contribution in [0.25, 0.3) is 11.4 Å². The van der Waals surface area contributed by atoms with E-state index in [-0.39, 0.29) is 0 Å². The topological polar surface area (TPSA) is 46.5 Å². The fraction of sp³-hybridized carbons (Fsp3) is 0.364. The Hall–Kier alpha value is -1.14. The highest BCUT2D eigenvalue weighted by Crippen LogP contribution is 2.16. The molecular formula is C11H14N4S2. The molecule has 4 nitrogen and oxygen atoms in total. The van der Waals surface area contributed by atoms with Crippen LogP contribution < -0.4 is 0 Å². The van der Waals surface area contributed by atoms with Gasteiger partial charge in [-0.1, -0.05) is 0 Å². The molecule has 2 heterocycles. The summed E-state index contributed by atoms with van der Waals surface area (Å²) in [6.45, 7) is 0.897. The zero-order chi connectivity index (χ0) is 12.1. The predicted octanol–water partition coefficient (Wildman–Crippen LogP) is 2.76. The maximum atomic E-state index is 5.24. The normalized spacial score (nSPS) is 10.6. The molecular weight excluding hydrogens is 252 g/mol. The fourth-order valence-electron chi connectivity index (χ4n) is 1.61. The highest BCUT2D eigenvalue weighted by molar-refractivity contribution is 7.98. The Morgan fingerprint density at radius 3 is 2.88 bits per heavy atom. The molecule has 0 aliphatic heterocycles. The largest absolute Gasteiger partial charge is 0.300 e. The number of nitrogens with zero attached hydrogens (tertiary/aromatic N) is 3. The molecule has 2 rings (SSSR count). The molecule has 0 aliphatic carbocycles. The number of thioether (sulfide) groups is 1. The molecule has 1 N–H and O–H groups in total. The molecule has 0 fully saturated rings. The molecule has 0 spiro atoms. The second-order valence-corrected chi connectivity index (χ2v) is 4.96. The fourth-order valence-corrected chi connectivity index (χ4v) is 2.25. The van der Waals surface area contributed by atoms with Gasteiger partial charge in [0.2, 0.25) is 0 Å². The molecule has 0 aliphatic rings. The van der Waals surface area contributed by atoms with Gasteiger partial charge in [-0.2, -0.15) is 16.9 Å². The van der Waals surface area contributed by atoms with Gasteiger partial charge in [-0.15, -0.1) is 0 Å². The lowest BCUT2D eigenvalue weighted by Crippen LogP contribution is -2.02. The summed E-state index contributed by atoms with van der Waals surface area (Å²) in [4.78, 5) is 4.01. The van der Waals surface area contributed by atoms with Gasteiger partial charge in [-0.05, 0) is 42.8 Å². The maximum absolute atomic E-state index is 5.24. The van der Waals surface area contributed by atoms with Crippen molar-refractivity contribution in [2.45, 2.75) is 13.0 Å². The lowest BCUT2D eigenvalue weighted by atomic mass is 10.2. The number of H-pyrrole nitrogens is 1. The highest BCUT2D eigenvalue weighted by atomic mass is 32.2. The molecule has 0 aromatic carbocycles. The van der Waals surface area contributed by atoms with E-state index in [9.17, 15) is 0 Å². The summed E-state index contributed by atoms with van der Waals surface area (Å²) < 4.78 is 2.72. The van der Waals surface area contributed by atoms with E-state index in [0.29, 0.717) is 4.77 Å². The summed E-state index contributed by atoms with van der Waals surface area (Å²) in [6.07, 6.45) is 6.73. The van der Waals surface area contributed by atoms with Crippen molar-refractivity contribution < 1.29 is 0 Å². The van der Waals surface area contributed by atoms with Crippen LogP contribution in [0.2, 0.25) is 0 Å². The maximum Gasteiger partial charge on any atom is 0.195 e. The standard InChI is InChI=1S/C11H14N4S2/c1-17-8-2-7-15-10(13-14-11(15)16)9-3-5-12-6-4-9/h3-6H,2,7-8H2,1H3,(H,14,16). The van der Waals surface area contributed by atoms with Crippen LogP contribution in [0.15, 0.2) is 24.5 Å². The molecule has 0 unspecified atom stereocenters. The zero-order valence-electron chi connectivity index (χ0n) is 9.59. The van der Waals surface area contributed by atoms with E-state index in [1.807, 2.05) is 28.5 Å². The minimum Gasteiger partial charge on any atom is -0.300 e. The monoisotopic (exact) mass is 266 g/mol. The average Bonchev–Trinajstić information content (AvgIpc) is 2.73. The van der Waals surface area contributed by atoms with E-state index in [1.165, 1.54) is 0 Å². The van der Waals surface area contributed by atoms with Crippen LogP contribution >= 0.6 is 24.0 Å². The van der Waals surface area contributed by atoms with Crippen LogP contribution in [0, 0.1) is 4.77 Å². The minimum absolute atomic E-state index is 0.679. The number of aromatic nitrogens is 4. The minimum atomic E-state index is 0.679. The van der Waals surface area contributed by atoms with Crippen molar-refractivity contribution in [3.63, 3.8) is 0 Å². The van der Waals surface area contributed by atoms with Crippen LogP contribution in [-0.4, -0.2) is 31.8 Å². The Kier molecular flexibility index (Phi) is 4.33. The first-order valence-electron chi connectivity index (χ1n) is 5.37.